The fraction of sp³-hybridized carbons (Fsp3) is 0.438. The zero-order chi connectivity index (χ0) is 18.6. The molecular weight excluding hydrogens is 374 g/mol. The largest absolute Gasteiger partial charge is 0.348 e. The second kappa shape index (κ2) is 8.19. The Bertz CT molecular complexity index is 861. The maximum absolute atomic E-state index is 13.0. The van der Waals surface area contributed by atoms with Crippen molar-refractivity contribution >= 4 is 27.7 Å². The SMILES string of the molecule is CCn1cc(C(=O)NCc2ccncc2)c(S(=O)(=O)N2CCSCC2)n1. The zero-order valence-electron chi connectivity index (χ0n) is 14.5. The van der Waals surface area contributed by atoms with Crippen molar-refractivity contribution in [1.82, 2.24) is 24.4 Å². The van der Waals surface area contributed by atoms with Crippen LogP contribution in [0.5, 0.6) is 0 Å². The van der Waals surface area contributed by atoms with E-state index in [0.717, 1.165) is 17.1 Å². The maximum Gasteiger partial charge on any atom is 0.263 e. The first-order chi connectivity index (χ1) is 12.5. The third-order valence-corrected chi connectivity index (χ3v) is 6.83. The molecule has 1 fully saturated rings. The Balaban J connectivity index is 1.84. The molecule has 1 saturated heterocycles. The van der Waals surface area contributed by atoms with Crippen molar-refractivity contribution in [2.75, 3.05) is 24.6 Å². The number of aryl methyl sites for hydroxylation is 1. The lowest BCUT2D eigenvalue weighted by atomic mass is 10.2. The van der Waals surface area contributed by atoms with Crippen molar-refractivity contribution in [1.29, 1.82) is 0 Å². The molecule has 1 aliphatic heterocycles. The van der Waals surface area contributed by atoms with E-state index in [1.165, 1.54) is 15.2 Å². The van der Waals surface area contributed by atoms with E-state index in [0.29, 0.717) is 26.2 Å². The highest BCUT2D eigenvalue weighted by atomic mass is 32.2. The fourth-order valence-corrected chi connectivity index (χ4v) is 5.27. The molecule has 3 rings (SSSR count). The maximum atomic E-state index is 13.0. The van der Waals surface area contributed by atoms with Gasteiger partial charge in [0.2, 0.25) is 5.03 Å². The highest BCUT2D eigenvalue weighted by molar-refractivity contribution is 7.99. The van der Waals surface area contributed by atoms with Gasteiger partial charge in [-0.1, -0.05) is 0 Å². The van der Waals surface area contributed by atoms with E-state index < -0.39 is 15.9 Å². The Kier molecular flexibility index (Phi) is 5.94. The highest BCUT2D eigenvalue weighted by Crippen LogP contribution is 2.22. The average Bonchev–Trinajstić information content (AvgIpc) is 3.13. The molecule has 0 unspecified atom stereocenters. The summed E-state index contributed by atoms with van der Waals surface area (Å²) in [6.07, 6.45) is 4.77. The summed E-state index contributed by atoms with van der Waals surface area (Å²) in [6, 6.07) is 3.58. The summed E-state index contributed by atoms with van der Waals surface area (Å²) in [5, 5.41) is 6.75. The Morgan fingerprint density at radius 1 is 1.27 bits per heavy atom. The first-order valence-corrected chi connectivity index (χ1v) is 10.9. The molecule has 3 heterocycles. The number of aromatic nitrogens is 3. The molecule has 0 atom stereocenters. The lowest BCUT2D eigenvalue weighted by molar-refractivity contribution is 0.0947. The van der Waals surface area contributed by atoms with Gasteiger partial charge in [-0.2, -0.15) is 21.2 Å². The van der Waals surface area contributed by atoms with Crippen LogP contribution < -0.4 is 5.32 Å². The molecule has 0 aromatic carbocycles. The van der Waals surface area contributed by atoms with Crippen LogP contribution in [0, 0.1) is 0 Å². The Morgan fingerprint density at radius 2 is 1.96 bits per heavy atom. The van der Waals surface area contributed by atoms with Crippen molar-refractivity contribution < 1.29 is 13.2 Å². The predicted octanol–water partition coefficient (Wildman–Crippen LogP) is 0.966. The van der Waals surface area contributed by atoms with Crippen molar-refractivity contribution in [2.24, 2.45) is 0 Å². The monoisotopic (exact) mass is 395 g/mol. The van der Waals surface area contributed by atoms with Crippen molar-refractivity contribution in [2.45, 2.75) is 25.0 Å². The molecule has 0 bridgehead atoms. The van der Waals surface area contributed by atoms with Gasteiger partial charge in [0.15, 0.2) is 0 Å². The van der Waals surface area contributed by atoms with Gasteiger partial charge in [-0.15, -0.1) is 0 Å². The molecule has 0 spiro atoms. The van der Waals surface area contributed by atoms with Gasteiger partial charge in [0.25, 0.3) is 15.9 Å². The molecule has 0 saturated carbocycles. The summed E-state index contributed by atoms with van der Waals surface area (Å²) < 4.78 is 28.8. The molecule has 2 aromatic heterocycles. The molecule has 1 N–H and O–H groups in total. The number of amides is 1. The molecule has 10 heteroatoms. The second-order valence-electron chi connectivity index (χ2n) is 5.76. The van der Waals surface area contributed by atoms with E-state index >= 15 is 0 Å². The van der Waals surface area contributed by atoms with Gasteiger partial charge in [0.05, 0.1) is 5.56 Å². The number of carbonyl (C=O) groups is 1. The standard InChI is InChI=1S/C16H21N5O3S2/c1-2-20-12-14(15(22)18-11-13-3-5-17-6-4-13)16(19-20)26(23,24)21-7-9-25-10-8-21/h3-6,12H,2,7-11H2,1H3,(H,18,22). The summed E-state index contributed by atoms with van der Waals surface area (Å²) in [7, 11) is -3.79. The van der Waals surface area contributed by atoms with E-state index in [9.17, 15) is 13.2 Å². The van der Waals surface area contributed by atoms with Crippen molar-refractivity contribution in [3.8, 4) is 0 Å². The van der Waals surface area contributed by atoms with Crippen LogP contribution in [-0.4, -0.2) is 58.0 Å². The lowest BCUT2D eigenvalue weighted by Gasteiger charge is -2.24. The molecule has 0 aliphatic carbocycles. The normalized spacial score (nSPS) is 15.7. The minimum atomic E-state index is -3.79. The number of carbonyl (C=O) groups excluding carboxylic acids is 1. The summed E-state index contributed by atoms with van der Waals surface area (Å²) in [4.78, 5) is 16.6. The number of rotatable bonds is 6. The van der Waals surface area contributed by atoms with Crippen LogP contribution >= 0.6 is 11.8 Å². The molecule has 1 amide bonds. The number of nitrogens with zero attached hydrogens (tertiary/aromatic N) is 4. The van der Waals surface area contributed by atoms with Gasteiger partial charge >= 0.3 is 0 Å². The number of pyridine rings is 1. The number of nitrogens with one attached hydrogen (secondary N) is 1. The molecular formula is C16H21N5O3S2. The van der Waals surface area contributed by atoms with E-state index in [4.69, 9.17) is 0 Å². The van der Waals surface area contributed by atoms with Gasteiger partial charge in [-0.3, -0.25) is 14.5 Å². The third-order valence-electron chi connectivity index (χ3n) is 4.05. The van der Waals surface area contributed by atoms with Gasteiger partial charge in [-0.25, -0.2) is 8.42 Å². The van der Waals surface area contributed by atoms with Crippen molar-refractivity contribution in [3.05, 3.63) is 41.9 Å². The summed E-state index contributed by atoms with van der Waals surface area (Å²) in [6.45, 7) is 3.49. The first kappa shape index (κ1) is 18.9. The van der Waals surface area contributed by atoms with Gasteiger partial charge in [0.1, 0.15) is 0 Å². The average molecular weight is 396 g/mol. The smallest absolute Gasteiger partial charge is 0.263 e. The minimum absolute atomic E-state index is 0.0825. The summed E-state index contributed by atoms with van der Waals surface area (Å²) >= 11 is 1.72. The molecule has 8 nitrogen and oxygen atoms in total. The van der Waals surface area contributed by atoms with E-state index in [1.54, 1.807) is 36.3 Å². The number of hydrogen-bond acceptors (Lipinski definition) is 6. The van der Waals surface area contributed by atoms with Crippen LogP contribution in [0.3, 0.4) is 0 Å². The second-order valence-corrected chi connectivity index (χ2v) is 8.84. The zero-order valence-corrected chi connectivity index (χ0v) is 16.1. The van der Waals surface area contributed by atoms with E-state index in [-0.39, 0.29) is 10.6 Å². The van der Waals surface area contributed by atoms with Crippen LogP contribution in [0.25, 0.3) is 0 Å². The van der Waals surface area contributed by atoms with Gasteiger partial charge in [-0.05, 0) is 24.6 Å². The van der Waals surface area contributed by atoms with Crippen LogP contribution in [-0.2, 0) is 23.1 Å². The van der Waals surface area contributed by atoms with Crippen molar-refractivity contribution in [3.63, 3.8) is 0 Å². The lowest BCUT2D eigenvalue weighted by Crippen LogP contribution is -2.39. The van der Waals surface area contributed by atoms with Gasteiger partial charge in [0, 0.05) is 56.3 Å². The quantitative estimate of drug-likeness (QED) is 0.783. The number of hydrogen-bond donors (Lipinski definition) is 1. The topological polar surface area (TPSA) is 97.2 Å². The first-order valence-electron chi connectivity index (χ1n) is 8.35. The van der Waals surface area contributed by atoms with Crippen LogP contribution in [0.1, 0.15) is 22.8 Å². The van der Waals surface area contributed by atoms with E-state index in [2.05, 4.69) is 15.4 Å². The van der Waals surface area contributed by atoms with Crippen LogP contribution in [0.4, 0.5) is 0 Å². The Labute approximate surface area is 157 Å². The fourth-order valence-electron chi connectivity index (χ4n) is 2.60. The Morgan fingerprint density at radius 3 is 2.62 bits per heavy atom. The molecule has 2 aromatic rings. The van der Waals surface area contributed by atoms with Crippen LogP contribution in [0.15, 0.2) is 35.7 Å². The number of sulfonamides is 1. The number of thioether (sulfide) groups is 1. The highest BCUT2D eigenvalue weighted by Gasteiger charge is 2.33. The summed E-state index contributed by atoms with van der Waals surface area (Å²) in [5.74, 6) is 1.04. The minimum Gasteiger partial charge on any atom is -0.348 e. The van der Waals surface area contributed by atoms with Crippen LogP contribution in [0.2, 0.25) is 0 Å². The molecule has 26 heavy (non-hydrogen) atoms. The molecule has 1 aliphatic rings. The van der Waals surface area contributed by atoms with E-state index in [1.807, 2.05) is 6.92 Å². The third kappa shape index (κ3) is 4.08. The Hall–Kier alpha value is -1.91. The van der Waals surface area contributed by atoms with Gasteiger partial charge < -0.3 is 5.32 Å². The molecule has 140 valence electrons. The molecule has 0 radical (unpaired) electrons. The summed E-state index contributed by atoms with van der Waals surface area (Å²) in [5.41, 5.74) is 0.966. The predicted molar refractivity (Wildman–Crippen MR) is 99.4 cm³/mol.